The number of nitrogens with zero attached hydrogens (tertiary/aromatic N) is 2. The lowest BCUT2D eigenvalue weighted by atomic mass is 10.6. The van der Waals surface area contributed by atoms with Gasteiger partial charge in [-0.05, 0) is 6.92 Å². The lowest BCUT2D eigenvalue weighted by Crippen LogP contribution is -2.18. The summed E-state index contributed by atoms with van der Waals surface area (Å²) in [4.78, 5) is 5.85. The summed E-state index contributed by atoms with van der Waals surface area (Å²) in [6.07, 6.45) is 0. The minimum atomic E-state index is 0.351. The molecule has 8 heavy (non-hydrogen) atoms. The monoisotopic (exact) mass is 134 g/mol. The van der Waals surface area contributed by atoms with E-state index < -0.39 is 0 Å². The molecule has 0 fully saturated rings. The van der Waals surface area contributed by atoms with E-state index in [-0.39, 0.29) is 0 Å². The molecule has 0 bridgehead atoms. The minimum Gasteiger partial charge on any atom is -0.367 e. The van der Waals surface area contributed by atoms with E-state index in [0.717, 1.165) is 5.84 Å². The van der Waals surface area contributed by atoms with E-state index in [9.17, 15) is 0 Å². The van der Waals surface area contributed by atoms with Crippen molar-refractivity contribution in [3.8, 4) is 0 Å². The fraction of sp³-hybridized carbons (Fsp3) is 0.800. The second-order valence-corrected chi connectivity index (χ2v) is 1.96. The summed E-state index contributed by atoms with van der Waals surface area (Å²) in [5, 5.41) is 0. The van der Waals surface area contributed by atoms with Crippen LogP contribution in [0, 0.1) is 0 Å². The molecule has 0 atom stereocenters. The predicted octanol–water partition coefficient (Wildman–Crippen LogP) is 1.16. The Labute approximate surface area is 55.2 Å². The lowest BCUT2D eigenvalue weighted by Gasteiger charge is -2.09. The van der Waals surface area contributed by atoms with Crippen LogP contribution in [0.25, 0.3) is 0 Å². The van der Waals surface area contributed by atoms with Crippen LogP contribution in [-0.2, 0) is 0 Å². The van der Waals surface area contributed by atoms with Gasteiger partial charge in [0.25, 0.3) is 0 Å². The first-order valence-corrected chi connectivity index (χ1v) is 2.96. The topological polar surface area (TPSA) is 15.6 Å². The molecule has 48 valence electrons. The second kappa shape index (κ2) is 3.72. The maximum atomic E-state index is 5.33. The average molecular weight is 135 g/mol. The van der Waals surface area contributed by atoms with E-state index in [1.807, 2.05) is 25.9 Å². The van der Waals surface area contributed by atoms with Crippen LogP contribution in [0.5, 0.6) is 0 Å². The Kier molecular flexibility index (Phi) is 3.61. The van der Waals surface area contributed by atoms with E-state index in [4.69, 9.17) is 11.6 Å². The first-order chi connectivity index (χ1) is 3.68. The lowest BCUT2D eigenvalue weighted by molar-refractivity contribution is 0.616. The van der Waals surface area contributed by atoms with Gasteiger partial charge in [0, 0.05) is 14.1 Å². The third-order valence-corrected chi connectivity index (χ3v) is 1.06. The summed E-state index contributed by atoms with van der Waals surface area (Å²) in [6, 6.07) is 0.351. The van der Waals surface area contributed by atoms with E-state index in [2.05, 4.69) is 4.99 Å². The Morgan fingerprint density at radius 2 is 2.12 bits per heavy atom. The van der Waals surface area contributed by atoms with Crippen LogP contribution < -0.4 is 0 Å². The van der Waals surface area contributed by atoms with Crippen molar-refractivity contribution in [1.29, 1.82) is 0 Å². The Morgan fingerprint density at radius 3 is 2.25 bits per heavy atom. The SMILES string of the molecule is CC(=NCCl)N(C)C. The molecular weight excluding hydrogens is 124 g/mol. The van der Waals surface area contributed by atoms with Gasteiger partial charge >= 0.3 is 0 Å². The third-order valence-electron chi connectivity index (χ3n) is 0.936. The maximum Gasteiger partial charge on any atom is 0.115 e. The smallest absolute Gasteiger partial charge is 0.115 e. The van der Waals surface area contributed by atoms with Crippen molar-refractivity contribution in [2.75, 3.05) is 20.1 Å². The molecule has 0 aromatic heterocycles. The van der Waals surface area contributed by atoms with Crippen LogP contribution in [0.15, 0.2) is 4.99 Å². The van der Waals surface area contributed by atoms with Gasteiger partial charge in [-0.1, -0.05) is 0 Å². The maximum absolute atomic E-state index is 5.33. The number of amidine groups is 1. The Morgan fingerprint density at radius 1 is 1.62 bits per heavy atom. The third kappa shape index (κ3) is 2.86. The number of halogens is 1. The van der Waals surface area contributed by atoms with Crippen LogP contribution in [0.4, 0.5) is 0 Å². The Bertz CT molecular complexity index is 88.4. The fourth-order valence-corrected chi connectivity index (χ4v) is 0.401. The van der Waals surface area contributed by atoms with Gasteiger partial charge in [-0.2, -0.15) is 0 Å². The van der Waals surface area contributed by atoms with Crippen molar-refractivity contribution in [1.82, 2.24) is 4.90 Å². The van der Waals surface area contributed by atoms with Gasteiger partial charge in [0.15, 0.2) is 0 Å². The van der Waals surface area contributed by atoms with Crippen molar-refractivity contribution in [3.05, 3.63) is 0 Å². The van der Waals surface area contributed by atoms with E-state index in [0.29, 0.717) is 6.00 Å². The molecule has 0 heterocycles. The molecule has 0 aromatic rings. The van der Waals surface area contributed by atoms with Crippen LogP contribution in [0.2, 0.25) is 0 Å². The van der Waals surface area contributed by atoms with Gasteiger partial charge in [0.05, 0.1) is 5.84 Å². The molecular formula is C5H11ClN2. The fourth-order valence-electron chi connectivity index (χ4n) is 0.228. The standard InChI is InChI=1S/C5H11ClN2/c1-5(7-4-6)8(2)3/h4H2,1-3H3. The van der Waals surface area contributed by atoms with Gasteiger partial charge in [0.1, 0.15) is 6.00 Å². The summed E-state index contributed by atoms with van der Waals surface area (Å²) in [7, 11) is 3.87. The van der Waals surface area contributed by atoms with Gasteiger partial charge in [0.2, 0.25) is 0 Å². The Balaban J connectivity index is 3.61. The molecule has 0 spiro atoms. The van der Waals surface area contributed by atoms with Crippen LogP contribution in [-0.4, -0.2) is 30.8 Å². The number of hydrogen-bond donors (Lipinski definition) is 0. The quantitative estimate of drug-likeness (QED) is 0.228. The van der Waals surface area contributed by atoms with Gasteiger partial charge in [-0.3, -0.25) is 4.99 Å². The number of alkyl halides is 1. The molecule has 0 radical (unpaired) electrons. The first kappa shape index (κ1) is 7.76. The molecule has 0 amide bonds. The molecule has 0 aliphatic rings. The van der Waals surface area contributed by atoms with Gasteiger partial charge in [-0.25, -0.2) is 0 Å². The largest absolute Gasteiger partial charge is 0.367 e. The molecule has 0 unspecified atom stereocenters. The van der Waals surface area contributed by atoms with Crippen molar-refractivity contribution < 1.29 is 0 Å². The molecule has 0 N–H and O–H groups in total. The molecule has 0 rings (SSSR count). The molecule has 0 aliphatic heterocycles. The highest BCUT2D eigenvalue weighted by molar-refractivity contribution is 6.18. The summed E-state index contributed by atoms with van der Waals surface area (Å²) in [5.74, 6) is 0.958. The summed E-state index contributed by atoms with van der Waals surface area (Å²) in [5.41, 5.74) is 0. The molecule has 0 aromatic carbocycles. The highest BCUT2D eigenvalue weighted by Gasteiger charge is 1.87. The van der Waals surface area contributed by atoms with Crippen molar-refractivity contribution in [2.24, 2.45) is 4.99 Å². The average Bonchev–Trinajstić information content (AvgIpc) is 1.67. The summed E-state index contributed by atoms with van der Waals surface area (Å²) in [6.45, 7) is 1.92. The second-order valence-electron chi connectivity index (χ2n) is 1.72. The predicted molar refractivity (Wildman–Crippen MR) is 37.5 cm³/mol. The normalized spacial score (nSPS) is 11.8. The highest BCUT2D eigenvalue weighted by atomic mass is 35.5. The van der Waals surface area contributed by atoms with E-state index in [1.165, 1.54) is 0 Å². The van der Waals surface area contributed by atoms with Crippen molar-refractivity contribution in [3.63, 3.8) is 0 Å². The number of rotatable bonds is 1. The zero-order chi connectivity index (χ0) is 6.57. The zero-order valence-electron chi connectivity index (χ0n) is 5.48. The minimum absolute atomic E-state index is 0.351. The highest BCUT2D eigenvalue weighted by Crippen LogP contribution is 1.83. The van der Waals surface area contributed by atoms with E-state index >= 15 is 0 Å². The summed E-state index contributed by atoms with van der Waals surface area (Å²) >= 11 is 5.33. The van der Waals surface area contributed by atoms with Crippen LogP contribution in [0.1, 0.15) is 6.92 Å². The first-order valence-electron chi connectivity index (χ1n) is 2.43. The molecule has 0 aliphatic carbocycles. The van der Waals surface area contributed by atoms with Crippen molar-refractivity contribution >= 4 is 17.4 Å². The molecule has 3 heteroatoms. The molecule has 0 saturated carbocycles. The zero-order valence-corrected chi connectivity index (χ0v) is 6.24. The molecule has 0 saturated heterocycles. The summed E-state index contributed by atoms with van der Waals surface area (Å²) < 4.78 is 0. The van der Waals surface area contributed by atoms with Gasteiger partial charge < -0.3 is 4.90 Å². The van der Waals surface area contributed by atoms with E-state index in [1.54, 1.807) is 0 Å². The Hall–Kier alpha value is -0.240. The molecule has 2 nitrogen and oxygen atoms in total. The number of aliphatic imine (C=N–C) groups is 1. The van der Waals surface area contributed by atoms with Crippen molar-refractivity contribution in [2.45, 2.75) is 6.92 Å². The van der Waals surface area contributed by atoms with Crippen LogP contribution >= 0.6 is 11.6 Å². The van der Waals surface area contributed by atoms with Gasteiger partial charge in [-0.15, -0.1) is 11.6 Å². The van der Waals surface area contributed by atoms with Crippen LogP contribution in [0.3, 0.4) is 0 Å². The number of hydrogen-bond acceptors (Lipinski definition) is 1.